The second kappa shape index (κ2) is 11.5. The molecular weight excluding hydrogens is 555 g/mol. The third kappa shape index (κ3) is 5.96. The number of nitrogens with one attached hydrogen (secondary N) is 2. The van der Waals surface area contributed by atoms with Crippen LogP contribution in [0.5, 0.6) is 5.88 Å². The summed E-state index contributed by atoms with van der Waals surface area (Å²) in [6.07, 6.45) is 5.78. The summed E-state index contributed by atoms with van der Waals surface area (Å²) in [6, 6.07) is 13.1. The van der Waals surface area contributed by atoms with Gasteiger partial charge in [-0.3, -0.25) is 4.72 Å². The molecule has 5 rings (SSSR count). The molecule has 1 aliphatic carbocycles. The molecule has 2 heterocycles. The number of halogens is 2. The number of ether oxygens (including phenoxy) is 1. The lowest BCUT2D eigenvalue weighted by molar-refractivity contribution is 0.221. The minimum absolute atomic E-state index is 0.0282. The Morgan fingerprint density at radius 2 is 1.80 bits per heavy atom. The SMILES string of the molecule is COc1nc(NS(=O)(=O)c2ccccc2Cl)ccc1-c1cc(F)c2nc(NC3CCC(N(C)C)CC3)ncc2c1. The lowest BCUT2D eigenvalue weighted by atomic mass is 9.91. The molecule has 40 heavy (non-hydrogen) atoms. The Bertz CT molecular complexity index is 1640. The Hall–Kier alpha value is -3.54. The Morgan fingerprint density at radius 3 is 2.50 bits per heavy atom. The third-order valence-corrected chi connectivity index (χ3v) is 8.98. The first-order valence-corrected chi connectivity index (χ1v) is 14.7. The smallest absolute Gasteiger partial charge is 0.264 e. The zero-order valence-corrected chi connectivity index (χ0v) is 23.9. The predicted molar refractivity (Wildman–Crippen MR) is 155 cm³/mol. The minimum Gasteiger partial charge on any atom is -0.480 e. The molecule has 9 nitrogen and oxygen atoms in total. The maximum absolute atomic E-state index is 15.3. The normalized spacial score (nSPS) is 17.6. The van der Waals surface area contributed by atoms with Gasteiger partial charge in [0.1, 0.15) is 22.0 Å². The number of benzene rings is 2. The molecule has 2 N–H and O–H groups in total. The van der Waals surface area contributed by atoms with E-state index in [0.29, 0.717) is 28.5 Å². The number of methoxy groups -OCH3 is 1. The Labute approximate surface area is 237 Å². The summed E-state index contributed by atoms with van der Waals surface area (Å²) in [5.74, 6) is 0.0350. The van der Waals surface area contributed by atoms with Gasteiger partial charge in [-0.1, -0.05) is 23.7 Å². The molecular formula is C28H30ClFN6O3S. The van der Waals surface area contributed by atoms with E-state index in [4.69, 9.17) is 16.3 Å². The molecule has 0 bridgehead atoms. The minimum atomic E-state index is -3.99. The molecule has 1 aliphatic rings. The fraction of sp³-hybridized carbons (Fsp3) is 0.321. The molecule has 0 radical (unpaired) electrons. The molecule has 0 saturated heterocycles. The fourth-order valence-corrected chi connectivity index (χ4v) is 6.50. The summed E-state index contributed by atoms with van der Waals surface area (Å²) in [5, 5.41) is 3.96. The molecule has 0 spiro atoms. The van der Waals surface area contributed by atoms with E-state index in [2.05, 4.69) is 44.0 Å². The number of pyridine rings is 1. The number of aromatic nitrogens is 3. The predicted octanol–water partition coefficient (Wildman–Crippen LogP) is 5.58. The van der Waals surface area contributed by atoms with Crippen LogP contribution in [-0.2, 0) is 10.0 Å². The van der Waals surface area contributed by atoms with Gasteiger partial charge in [-0.25, -0.2) is 22.8 Å². The van der Waals surface area contributed by atoms with Gasteiger partial charge in [0.15, 0.2) is 0 Å². The van der Waals surface area contributed by atoms with Crippen LogP contribution in [0.25, 0.3) is 22.0 Å². The van der Waals surface area contributed by atoms with Crippen LogP contribution in [0, 0.1) is 5.82 Å². The van der Waals surface area contributed by atoms with Crippen LogP contribution < -0.4 is 14.8 Å². The van der Waals surface area contributed by atoms with Gasteiger partial charge in [0.05, 0.1) is 12.1 Å². The Kier molecular flexibility index (Phi) is 8.07. The van der Waals surface area contributed by atoms with Crippen molar-refractivity contribution in [3.8, 4) is 17.0 Å². The lowest BCUT2D eigenvalue weighted by Gasteiger charge is -2.32. The number of nitrogens with zero attached hydrogens (tertiary/aromatic N) is 4. The maximum Gasteiger partial charge on any atom is 0.264 e. The highest BCUT2D eigenvalue weighted by atomic mass is 35.5. The quantitative estimate of drug-likeness (QED) is 0.276. The fourth-order valence-electron chi connectivity index (χ4n) is 4.97. The van der Waals surface area contributed by atoms with Gasteiger partial charge in [0.2, 0.25) is 11.8 Å². The van der Waals surface area contributed by atoms with Crippen molar-refractivity contribution in [1.82, 2.24) is 19.9 Å². The lowest BCUT2D eigenvalue weighted by Crippen LogP contribution is -2.36. The average molecular weight is 585 g/mol. The van der Waals surface area contributed by atoms with Gasteiger partial charge in [-0.2, -0.15) is 4.98 Å². The molecule has 2 aromatic heterocycles. The Balaban J connectivity index is 1.37. The summed E-state index contributed by atoms with van der Waals surface area (Å²) in [5.41, 5.74) is 1.17. The molecule has 0 amide bonds. The number of hydrogen-bond acceptors (Lipinski definition) is 8. The van der Waals surface area contributed by atoms with Gasteiger partial charge in [0, 0.05) is 29.2 Å². The number of rotatable bonds is 8. The number of anilines is 2. The van der Waals surface area contributed by atoms with Crippen LogP contribution >= 0.6 is 11.6 Å². The van der Waals surface area contributed by atoms with E-state index in [1.165, 1.54) is 31.4 Å². The van der Waals surface area contributed by atoms with Crippen LogP contribution in [0.1, 0.15) is 25.7 Å². The van der Waals surface area contributed by atoms with Crippen LogP contribution in [0.4, 0.5) is 16.2 Å². The first-order valence-electron chi connectivity index (χ1n) is 12.9. The van der Waals surface area contributed by atoms with Gasteiger partial charge >= 0.3 is 0 Å². The third-order valence-electron chi connectivity index (χ3n) is 7.13. The largest absolute Gasteiger partial charge is 0.480 e. The second-order valence-corrected chi connectivity index (χ2v) is 12.1. The first kappa shape index (κ1) is 28.0. The highest BCUT2D eigenvalue weighted by Crippen LogP contribution is 2.34. The summed E-state index contributed by atoms with van der Waals surface area (Å²) >= 11 is 6.06. The molecule has 12 heteroatoms. The van der Waals surface area contributed by atoms with Crippen LogP contribution in [0.2, 0.25) is 5.02 Å². The molecule has 1 fully saturated rings. The number of hydrogen-bond donors (Lipinski definition) is 2. The molecule has 4 aromatic rings. The summed E-state index contributed by atoms with van der Waals surface area (Å²) in [4.78, 5) is 15.4. The van der Waals surface area contributed by atoms with Crippen molar-refractivity contribution in [1.29, 1.82) is 0 Å². The van der Waals surface area contributed by atoms with Crippen LogP contribution in [0.3, 0.4) is 0 Å². The van der Waals surface area contributed by atoms with Gasteiger partial charge in [0.25, 0.3) is 10.0 Å². The summed E-state index contributed by atoms with van der Waals surface area (Å²) in [6.45, 7) is 0. The molecule has 210 valence electrons. The zero-order chi connectivity index (χ0) is 28.4. The molecule has 0 aliphatic heterocycles. The number of fused-ring (bicyclic) bond motifs is 1. The van der Waals surface area contributed by atoms with E-state index < -0.39 is 15.8 Å². The van der Waals surface area contributed by atoms with Gasteiger partial charge in [-0.05, 0) is 81.7 Å². The monoisotopic (exact) mass is 584 g/mol. The van der Waals surface area contributed by atoms with E-state index in [9.17, 15) is 8.42 Å². The van der Waals surface area contributed by atoms with Crippen LogP contribution in [0.15, 0.2) is 59.6 Å². The van der Waals surface area contributed by atoms with Gasteiger partial charge < -0.3 is 15.0 Å². The maximum atomic E-state index is 15.3. The highest BCUT2D eigenvalue weighted by molar-refractivity contribution is 7.92. The highest BCUT2D eigenvalue weighted by Gasteiger charge is 2.23. The second-order valence-electron chi connectivity index (χ2n) is 9.99. The number of sulfonamides is 1. The van der Waals surface area contributed by atoms with E-state index in [-0.39, 0.29) is 33.2 Å². The van der Waals surface area contributed by atoms with Crippen molar-refractivity contribution in [2.24, 2.45) is 0 Å². The van der Waals surface area contributed by atoms with Gasteiger partial charge in [-0.15, -0.1) is 0 Å². The molecule has 2 aromatic carbocycles. The zero-order valence-electron chi connectivity index (χ0n) is 22.4. The van der Waals surface area contributed by atoms with Crippen molar-refractivity contribution in [2.45, 2.75) is 42.7 Å². The van der Waals surface area contributed by atoms with E-state index in [1.807, 2.05) is 0 Å². The summed E-state index contributed by atoms with van der Waals surface area (Å²) < 4.78 is 48.8. The molecule has 0 atom stereocenters. The average Bonchev–Trinajstić information content (AvgIpc) is 2.93. The Morgan fingerprint density at radius 1 is 1.05 bits per heavy atom. The van der Waals surface area contributed by atoms with Crippen molar-refractivity contribution in [3.05, 3.63) is 65.6 Å². The van der Waals surface area contributed by atoms with Crippen molar-refractivity contribution in [3.63, 3.8) is 0 Å². The molecule has 1 saturated carbocycles. The molecule has 0 unspecified atom stereocenters. The van der Waals surface area contributed by atoms with Crippen molar-refractivity contribution < 1.29 is 17.5 Å². The summed E-state index contributed by atoms with van der Waals surface area (Å²) in [7, 11) is 1.62. The topological polar surface area (TPSA) is 109 Å². The van der Waals surface area contributed by atoms with E-state index >= 15 is 4.39 Å². The first-order chi connectivity index (χ1) is 19.1. The standard InChI is InChI=1S/C28H30ClFN6O3S/c1-36(2)20-10-8-19(9-11-20)32-28-31-16-18-14-17(15-23(30)26(18)34-28)21-12-13-25(33-27(21)39-3)35-40(37,38)24-7-5-4-6-22(24)29/h4-7,12-16,19-20H,8-11H2,1-3H3,(H,33,35)(H,31,32,34). The van der Waals surface area contributed by atoms with Crippen molar-refractivity contribution in [2.75, 3.05) is 31.2 Å². The van der Waals surface area contributed by atoms with E-state index in [0.717, 1.165) is 25.7 Å². The van der Waals surface area contributed by atoms with Crippen molar-refractivity contribution >= 4 is 44.3 Å². The van der Waals surface area contributed by atoms with Crippen LogP contribution in [-0.4, -0.2) is 61.6 Å². The van der Waals surface area contributed by atoms with E-state index in [1.54, 1.807) is 30.5 Å².